The average Bonchev–Trinajstić information content (AvgIpc) is 2.46. The van der Waals surface area contributed by atoms with Crippen LogP contribution in [0.3, 0.4) is 0 Å². The Bertz CT molecular complexity index is 609. The molecule has 0 radical (unpaired) electrons. The van der Waals surface area contributed by atoms with E-state index in [-0.39, 0.29) is 55.7 Å². The van der Waals surface area contributed by atoms with E-state index >= 15 is 0 Å². The summed E-state index contributed by atoms with van der Waals surface area (Å²) in [6.07, 6.45) is 1.92. The van der Waals surface area contributed by atoms with Crippen LogP contribution in [-0.4, -0.2) is 66.5 Å². The van der Waals surface area contributed by atoms with E-state index in [0.717, 1.165) is 0 Å². The van der Waals surface area contributed by atoms with Gasteiger partial charge < -0.3 is 30.6 Å². The topological polar surface area (TPSA) is 224 Å². The summed E-state index contributed by atoms with van der Waals surface area (Å²) in [6, 6.07) is 0. The van der Waals surface area contributed by atoms with Crippen molar-refractivity contribution < 1.29 is 98.4 Å². The minimum Gasteiger partial charge on any atom is -0.478 e. The number of hydrogen-bond acceptors (Lipinski definition) is 6. The number of hydrogen-bond donors (Lipinski definition) is 6. The van der Waals surface area contributed by atoms with Crippen LogP contribution in [0.4, 0.5) is 0 Å². The molecule has 0 saturated carbocycles. The molecule has 6 N–H and O–H groups in total. The molecule has 0 aliphatic heterocycles. The van der Waals surface area contributed by atoms with Gasteiger partial charge in [-0.1, -0.05) is 0 Å². The predicted octanol–water partition coefficient (Wildman–Crippen LogP) is 0.301. The smallest absolute Gasteiger partial charge is 0.331 e. The third-order valence-corrected chi connectivity index (χ3v) is 2.03. The van der Waals surface area contributed by atoms with Gasteiger partial charge in [0.1, 0.15) is 0 Å². The molecule has 0 saturated heterocycles. The molecule has 0 aromatic heterocycles. The van der Waals surface area contributed by atoms with E-state index < -0.39 is 35.8 Å². The predicted molar refractivity (Wildman–Crippen MR) is 87.1 cm³/mol. The molecule has 0 aliphatic carbocycles. The molecular formula is C15H18O12Ru2. The third-order valence-electron chi connectivity index (χ3n) is 2.03. The molecule has 0 amide bonds. The largest absolute Gasteiger partial charge is 0.478 e. The van der Waals surface area contributed by atoms with Gasteiger partial charge in [0, 0.05) is 73.9 Å². The molecule has 0 fully saturated rings. The van der Waals surface area contributed by atoms with Crippen molar-refractivity contribution in [3.63, 3.8) is 0 Å². The van der Waals surface area contributed by atoms with Gasteiger partial charge in [-0.3, -0.25) is 0 Å². The molecule has 0 atom stereocenters. The first-order valence-corrected chi connectivity index (χ1v) is 6.55. The Balaban J connectivity index is -0.0000000960. The van der Waals surface area contributed by atoms with E-state index in [4.69, 9.17) is 30.6 Å². The van der Waals surface area contributed by atoms with E-state index in [9.17, 15) is 28.8 Å². The molecule has 14 heteroatoms. The van der Waals surface area contributed by atoms with Crippen LogP contribution in [0.2, 0.25) is 0 Å². The van der Waals surface area contributed by atoms with Crippen molar-refractivity contribution >= 4 is 35.8 Å². The Kier molecular flexibility index (Phi) is 25.6. The maximum absolute atomic E-state index is 9.90. The Morgan fingerprint density at radius 3 is 0.621 bits per heavy atom. The molecule has 29 heavy (non-hydrogen) atoms. The molecular weight excluding hydrogens is 574 g/mol. The maximum atomic E-state index is 9.90. The normalized spacial score (nSPS) is 10.2. The van der Waals surface area contributed by atoms with Crippen LogP contribution < -0.4 is 0 Å². The van der Waals surface area contributed by atoms with Crippen LogP contribution in [-0.2, 0) is 67.7 Å². The molecule has 166 valence electrons. The summed E-state index contributed by atoms with van der Waals surface area (Å²) in [5.74, 6) is -7.35. The van der Waals surface area contributed by atoms with Gasteiger partial charge >= 0.3 is 35.8 Å². The van der Waals surface area contributed by atoms with E-state index in [1.165, 1.54) is 20.8 Å². The SMILES string of the molecule is C/C(=C/C(=O)O)C(=O)O.C/C(=C/C(=O)O)C(=O)O.C/C(=C/C(=O)O)C(=O)O.[Ru].[Ru]. The molecule has 0 aliphatic rings. The van der Waals surface area contributed by atoms with E-state index in [0.29, 0.717) is 18.2 Å². The first kappa shape index (κ1) is 37.1. The molecule has 0 heterocycles. The molecule has 12 nitrogen and oxygen atoms in total. The van der Waals surface area contributed by atoms with Gasteiger partial charge in [0.15, 0.2) is 0 Å². The first-order valence-electron chi connectivity index (χ1n) is 6.55. The van der Waals surface area contributed by atoms with Crippen molar-refractivity contribution in [2.75, 3.05) is 0 Å². The van der Waals surface area contributed by atoms with Gasteiger partial charge in [-0.25, -0.2) is 28.8 Å². The minimum atomic E-state index is -1.24. The van der Waals surface area contributed by atoms with Crippen molar-refractivity contribution in [3.8, 4) is 0 Å². The van der Waals surface area contributed by atoms with Crippen molar-refractivity contribution in [2.24, 2.45) is 0 Å². The molecule has 0 aromatic carbocycles. The first-order chi connectivity index (χ1) is 12.1. The number of carboxylic acid groups (broad SMARTS) is 6. The minimum absolute atomic E-state index is 0. The van der Waals surface area contributed by atoms with Gasteiger partial charge in [0.05, 0.1) is 0 Å². The summed E-state index contributed by atoms with van der Waals surface area (Å²) in [6.45, 7) is 3.66. The Morgan fingerprint density at radius 1 is 0.448 bits per heavy atom. The maximum Gasteiger partial charge on any atom is 0.331 e. The van der Waals surface area contributed by atoms with Gasteiger partial charge in [-0.2, -0.15) is 0 Å². The molecule has 0 aromatic rings. The van der Waals surface area contributed by atoms with Gasteiger partial charge in [0.25, 0.3) is 0 Å². The summed E-state index contributed by atoms with van der Waals surface area (Å²) < 4.78 is 0. The zero-order valence-electron chi connectivity index (χ0n) is 15.1. The number of aliphatic carboxylic acids is 6. The zero-order valence-corrected chi connectivity index (χ0v) is 18.5. The van der Waals surface area contributed by atoms with Crippen molar-refractivity contribution in [2.45, 2.75) is 20.8 Å². The fraction of sp³-hybridized carbons (Fsp3) is 0.200. The quantitative estimate of drug-likeness (QED) is 0.181. The van der Waals surface area contributed by atoms with Crippen LogP contribution in [0.1, 0.15) is 20.8 Å². The average molecular weight is 592 g/mol. The Labute approximate surface area is 189 Å². The summed E-state index contributed by atoms with van der Waals surface area (Å²) in [4.78, 5) is 59.0. The summed E-state index contributed by atoms with van der Waals surface area (Å²) in [5.41, 5.74) is -0.535. The van der Waals surface area contributed by atoms with Crippen LogP contribution in [0.25, 0.3) is 0 Å². The summed E-state index contributed by atoms with van der Waals surface area (Å²) in [7, 11) is 0. The molecule has 0 rings (SSSR count). The third kappa shape index (κ3) is 30.3. The Morgan fingerprint density at radius 2 is 0.586 bits per heavy atom. The second-order valence-corrected chi connectivity index (χ2v) is 4.41. The van der Waals surface area contributed by atoms with Crippen LogP contribution >= 0.6 is 0 Å². The van der Waals surface area contributed by atoms with Crippen LogP contribution in [0, 0.1) is 0 Å². The van der Waals surface area contributed by atoms with Gasteiger partial charge in [-0.15, -0.1) is 0 Å². The van der Waals surface area contributed by atoms with Crippen molar-refractivity contribution in [3.05, 3.63) is 34.9 Å². The second kappa shape index (κ2) is 20.0. The zero-order chi connectivity index (χ0) is 22.3. The van der Waals surface area contributed by atoms with Crippen molar-refractivity contribution in [1.29, 1.82) is 0 Å². The van der Waals surface area contributed by atoms with E-state index in [1.54, 1.807) is 0 Å². The van der Waals surface area contributed by atoms with Gasteiger partial charge in [0.2, 0.25) is 0 Å². The van der Waals surface area contributed by atoms with Crippen molar-refractivity contribution in [1.82, 2.24) is 0 Å². The summed E-state index contributed by atoms with van der Waals surface area (Å²) in [5, 5.41) is 48.3. The number of carbonyl (C=O) groups is 6. The monoisotopic (exact) mass is 594 g/mol. The standard InChI is InChI=1S/3C5H6O4.2Ru/c3*1-3(5(8)9)2-4(6)7;;/h3*2H,1H3,(H,6,7)(H,8,9);;/b3*3-2-;;. The Hall–Kier alpha value is -2.71. The summed E-state index contributed by atoms with van der Waals surface area (Å²) >= 11 is 0. The van der Waals surface area contributed by atoms with Crippen LogP contribution in [0.5, 0.6) is 0 Å². The molecule has 0 spiro atoms. The fourth-order valence-corrected chi connectivity index (χ4v) is 0.741. The fourth-order valence-electron chi connectivity index (χ4n) is 0.741. The molecule has 0 bridgehead atoms. The molecule has 0 unspecified atom stereocenters. The number of rotatable bonds is 6. The second-order valence-electron chi connectivity index (χ2n) is 4.41. The van der Waals surface area contributed by atoms with E-state index in [1.807, 2.05) is 0 Å². The number of carboxylic acids is 6. The van der Waals surface area contributed by atoms with Gasteiger partial charge in [-0.05, 0) is 20.8 Å². The van der Waals surface area contributed by atoms with Crippen LogP contribution in [0.15, 0.2) is 34.9 Å². The van der Waals surface area contributed by atoms with E-state index in [2.05, 4.69) is 0 Å².